The third-order valence-electron chi connectivity index (χ3n) is 3.51. The van der Waals surface area contributed by atoms with Gasteiger partial charge in [-0.25, -0.2) is 0 Å². The van der Waals surface area contributed by atoms with Crippen molar-refractivity contribution in [2.24, 2.45) is 0 Å². The number of aromatic hydroxyl groups is 1. The zero-order chi connectivity index (χ0) is 17.3. The van der Waals surface area contributed by atoms with Crippen molar-refractivity contribution in [2.75, 3.05) is 0 Å². The largest absolute Gasteiger partial charge is 0.508 e. The van der Waals surface area contributed by atoms with Crippen LogP contribution in [0.2, 0.25) is 0 Å². The number of halogens is 3. The van der Waals surface area contributed by atoms with Gasteiger partial charge in [0.2, 0.25) is 0 Å². The van der Waals surface area contributed by atoms with E-state index in [1.807, 2.05) is 6.92 Å². The first kappa shape index (κ1) is 19.3. The maximum absolute atomic E-state index is 12.9. The number of carbonyl (C=O) groups is 1. The summed E-state index contributed by atoms with van der Waals surface area (Å²) < 4.78 is 43.3. The van der Waals surface area contributed by atoms with Crippen LogP contribution in [0.25, 0.3) is 0 Å². The Labute approximate surface area is 134 Å². The summed E-state index contributed by atoms with van der Waals surface area (Å²) in [4.78, 5) is 11.7. The van der Waals surface area contributed by atoms with Crippen molar-refractivity contribution in [3.63, 3.8) is 0 Å². The first-order chi connectivity index (χ1) is 10.8. The van der Waals surface area contributed by atoms with Crippen LogP contribution < -0.4 is 0 Å². The second kappa shape index (κ2) is 9.43. The number of ether oxygens (including phenoxy) is 1. The van der Waals surface area contributed by atoms with Gasteiger partial charge in [0.05, 0.1) is 0 Å². The number of rotatable bonds is 9. The molecular weight excluding hydrogens is 309 g/mol. The van der Waals surface area contributed by atoms with Crippen LogP contribution in [0, 0.1) is 0 Å². The minimum Gasteiger partial charge on any atom is -0.508 e. The number of phenolic OH excluding ortho intramolecular Hbond substituents is 1. The monoisotopic (exact) mass is 332 g/mol. The van der Waals surface area contributed by atoms with Crippen LogP contribution in [0.5, 0.6) is 5.75 Å². The van der Waals surface area contributed by atoms with Gasteiger partial charge in [-0.2, -0.15) is 13.2 Å². The molecule has 23 heavy (non-hydrogen) atoms. The number of hydrogen-bond donors (Lipinski definition) is 1. The molecule has 0 aliphatic heterocycles. The summed E-state index contributed by atoms with van der Waals surface area (Å²) in [5.41, 5.74) is 0.756. The van der Waals surface area contributed by atoms with Gasteiger partial charge < -0.3 is 9.84 Å². The molecule has 0 radical (unpaired) electrons. The summed E-state index contributed by atoms with van der Waals surface area (Å²) in [6.07, 6.45) is -3.67. The molecule has 0 aliphatic carbocycles. The Morgan fingerprint density at radius 1 is 1.17 bits per heavy atom. The molecular formula is C17H23F3O3. The fourth-order valence-electron chi connectivity index (χ4n) is 2.17. The molecule has 1 rings (SSSR count). The van der Waals surface area contributed by atoms with Crippen LogP contribution in [0.3, 0.4) is 0 Å². The molecule has 1 aromatic rings. The van der Waals surface area contributed by atoms with Crippen molar-refractivity contribution >= 4 is 5.97 Å². The molecule has 0 saturated heterocycles. The number of alkyl halides is 3. The third kappa shape index (κ3) is 7.90. The van der Waals surface area contributed by atoms with Gasteiger partial charge in [-0.1, -0.05) is 38.3 Å². The minimum atomic E-state index is -4.53. The number of benzene rings is 1. The van der Waals surface area contributed by atoms with Crippen molar-refractivity contribution in [3.8, 4) is 5.75 Å². The van der Waals surface area contributed by atoms with E-state index in [0.29, 0.717) is 12.8 Å². The lowest BCUT2D eigenvalue weighted by atomic mass is 10.1. The van der Waals surface area contributed by atoms with Crippen LogP contribution in [0.15, 0.2) is 24.3 Å². The number of carbonyl (C=O) groups excluding carboxylic acids is 1. The average molecular weight is 332 g/mol. The fourth-order valence-corrected chi connectivity index (χ4v) is 2.17. The van der Waals surface area contributed by atoms with Crippen molar-refractivity contribution in [1.82, 2.24) is 0 Å². The number of unbranched alkanes of at least 4 members (excludes halogenated alkanes) is 3. The van der Waals surface area contributed by atoms with Crippen LogP contribution in [-0.2, 0) is 16.0 Å². The Morgan fingerprint density at radius 3 is 2.39 bits per heavy atom. The summed E-state index contributed by atoms with van der Waals surface area (Å²) in [5.74, 6) is -0.753. The molecule has 0 aromatic heterocycles. The van der Waals surface area contributed by atoms with Gasteiger partial charge in [0, 0.05) is 6.42 Å². The van der Waals surface area contributed by atoms with Gasteiger partial charge in [-0.15, -0.1) is 0 Å². The van der Waals surface area contributed by atoms with Crippen molar-refractivity contribution in [2.45, 2.75) is 64.1 Å². The highest BCUT2D eigenvalue weighted by Gasteiger charge is 2.42. The molecule has 1 atom stereocenters. The SMILES string of the molecule is CCCCCC[C@@H](OC(=O)CCc1ccc(O)cc1)C(F)(F)F. The summed E-state index contributed by atoms with van der Waals surface area (Å²) in [5, 5.41) is 9.15. The van der Waals surface area contributed by atoms with E-state index in [1.54, 1.807) is 12.1 Å². The zero-order valence-electron chi connectivity index (χ0n) is 13.2. The van der Waals surface area contributed by atoms with Crippen LogP contribution in [-0.4, -0.2) is 23.4 Å². The Hall–Kier alpha value is -1.72. The van der Waals surface area contributed by atoms with E-state index in [9.17, 15) is 18.0 Å². The van der Waals surface area contributed by atoms with Crippen LogP contribution in [0.4, 0.5) is 13.2 Å². The predicted octanol–water partition coefficient (Wildman–Crippen LogP) is 4.77. The first-order valence-electron chi connectivity index (χ1n) is 7.87. The van der Waals surface area contributed by atoms with Crippen molar-refractivity contribution in [1.29, 1.82) is 0 Å². The molecule has 0 aliphatic rings. The molecule has 0 heterocycles. The van der Waals surface area contributed by atoms with E-state index in [0.717, 1.165) is 18.4 Å². The number of esters is 1. The van der Waals surface area contributed by atoms with Gasteiger partial charge >= 0.3 is 12.1 Å². The molecule has 130 valence electrons. The Balaban J connectivity index is 2.44. The molecule has 0 spiro atoms. The van der Waals surface area contributed by atoms with Crippen LogP contribution in [0.1, 0.15) is 51.0 Å². The van der Waals surface area contributed by atoms with E-state index in [-0.39, 0.29) is 25.0 Å². The number of hydrogen-bond acceptors (Lipinski definition) is 3. The molecule has 6 heteroatoms. The molecule has 3 nitrogen and oxygen atoms in total. The molecule has 0 bridgehead atoms. The second-order valence-corrected chi connectivity index (χ2v) is 5.54. The maximum atomic E-state index is 12.9. The van der Waals surface area contributed by atoms with Crippen LogP contribution >= 0.6 is 0 Å². The van der Waals surface area contributed by atoms with Gasteiger partial charge in [0.15, 0.2) is 6.10 Å². The maximum Gasteiger partial charge on any atom is 0.425 e. The minimum absolute atomic E-state index is 0.0977. The molecule has 1 N–H and O–H groups in total. The van der Waals surface area contributed by atoms with E-state index in [4.69, 9.17) is 5.11 Å². The van der Waals surface area contributed by atoms with E-state index < -0.39 is 18.2 Å². The predicted molar refractivity (Wildman–Crippen MR) is 81.1 cm³/mol. The second-order valence-electron chi connectivity index (χ2n) is 5.54. The lowest BCUT2D eigenvalue weighted by Gasteiger charge is -2.20. The van der Waals surface area contributed by atoms with Crippen molar-refractivity contribution in [3.05, 3.63) is 29.8 Å². The zero-order valence-corrected chi connectivity index (χ0v) is 13.2. The normalized spacial score (nSPS) is 12.9. The molecule has 0 saturated carbocycles. The van der Waals surface area contributed by atoms with Gasteiger partial charge in [-0.05, 0) is 37.0 Å². The van der Waals surface area contributed by atoms with Gasteiger partial charge in [0.25, 0.3) is 0 Å². The van der Waals surface area contributed by atoms with Crippen molar-refractivity contribution < 1.29 is 27.8 Å². The molecule has 0 fully saturated rings. The Morgan fingerprint density at radius 2 is 1.83 bits per heavy atom. The van der Waals surface area contributed by atoms with E-state index >= 15 is 0 Å². The third-order valence-corrected chi connectivity index (χ3v) is 3.51. The lowest BCUT2D eigenvalue weighted by molar-refractivity contribution is -0.222. The first-order valence-corrected chi connectivity index (χ1v) is 7.87. The summed E-state index contributed by atoms with van der Waals surface area (Å²) in [7, 11) is 0. The number of phenols is 1. The summed E-state index contributed by atoms with van der Waals surface area (Å²) in [6, 6.07) is 6.17. The topological polar surface area (TPSA) is 46.5 Å². The quantitative estimate of drug-likeness (QED) is 0.523. The van der Waals surface area contributed by atoms with E-state index in [1.165, 1.54) is 12.1 Å². The smallest absolute Gasteiger partial charge is 0.425 e. The standard InChI is InChI=1S/C17H23F3O3/c1-2-3-4-5-6-15(17(18,19)20)23-16(22)12-9-13-7-10-14(21)11-8-13/h7-8,10-11,15,21H,2-6,9,12H2,1H3/t15-/m1/s1. The summed E-state index contributed by atoms with van der Waals surface area (Å²) in [6.45, 7) is 1.98. The Bertz CT molecular complexity index is 469. The molecule has 0 unspecified atom stereocenters. The highest BCUT2D eigenvalue weighted by atomic mass is 19.4. The highest BCUT2D eigenvalue weighted by molar-refractivity contribution is 5.70. The van der Waals surface area contributed by atoms with Gasteiger partial charge in [0.1, 0.15) is 5.75 Å². The fraction of sp³-hybridized carbons (Fsp3) is 0.588. The van der Waals surface area contributed by atoms with Gasteiger partial charge in [-0.3, -0.25) is 4.79 Å². The average Bonchev–Trinajstić information content (AvgIpc) is 2.48. The summed E-state index contributed by atoms with van der Waals surface area (Å²) >= 11 is 0. The number of aryl methyl sites for hydroxylation is 1. The highest BCUT2D eigenvalue weighted by Crippen LogP contribution is 2.27. The van der Waals surface area contributed by atoms with E-state index in [2.05, 4.69) is 4.74 Å². The lowest BCUT2D eigenvalue weighted by Crippen LogP contribution is -2.34. The Kier molecular flexibility index (Phi) is 7.92. The molecule has 1 aromatic carbocycles. The molecule has 0 amide bonds.